The number of ketones is 1. The molecule has 0 aromatic heterocycles. The van der Waals surface area contributed by atoms with Gasteiger partial charge in [0.05, 0.1) is 5.56 Å². The average molecular weight is 276 g/mol. The fourth-order valence-electron chi connectivity index (χ4n) is 1.58. The van der Waals surface area contributed by atoms with E-state index in [0.717, 1.165) is 6.07 Å². The minimum atomic E-state index is -4.69. The van der Waals surface area contributed by atoms with Gasteiger partial charge >= 0.3 is 6.18 Å². The zero-order valence-electron chi connectivity index (χ0n) is 11.1. The van der Waals surface area contributed by atoms with Crippen LogP contribution in [0.1, 0.15) is 38.3 Å². The Morgan fingerprint density at radius 1 is 1.16 bits per heavy atom. The molecule has 1 aromatic rings. The van der Waals surface area contributed by atoms with Crippen molar-refractivity contribution >= 4 is 5.78 Å². The molecule has 5 heteroatoms. The molecule has 0 radical (unpaired) electrons. The number of Topliss-reactive ketones (excluding diaryl/α,β-unsaturated/α-hetero) is 1. The second kappa shape index (κ2) is 5.31. The predicted molar refractivity (Wildman–Crippen MR) is 64.2 cm³/mol. The number of alkyl halides is 3. The van der Waals surface area contributed by atoms with Crippen molar-refractivity contribution in [2.24, 2.45) is 5.41 Å². The van der Waals surface area contributed by atoms with E-state index < -0.39 is 23.0 Å². The van der Waals surface area contributed by atoms with Gasteiger partial charge in [-0.15, -0.1) is 0 Å². The third-order valence-corrected chi connectivity index (χ3v) is 2.82. The van der Waals surface area contributed by atoms with E-state index in [1.807, 2.05) is 0 Å². The van der Waals surface area contributed by atoms with Gasteiger partial charge in [-0.1, -0.05) is 26.8 Å². The summed E-state index contributed by atoms with van der Waals surface area (Å²) < 4.78 is 50.4. The highest BCUT2D eigenvalue weighted by molar-refractivity contribution is 5.83. The summed E-state index contributed by atoms with van der Waals surface area (Å²) in [7, 11) is 0. The third-order valence-electron chi connectivity index (χ3n) is 2.82. The molecule has 0 aliphatic rings. The Balaban J connectivity index is 2.78. The van der Waals surface area contributed by atoms with E-state index in [2.05, 4.69) is 0 Å². The molecule has 0 fully saturated rings. The molecule has 1 nitrogen and oxygen atoms in total. The number of carbonyl (C=O) groups is 1. The summed E-state index contributed by atoms with van der Waals surface area (Å²) in [5, 5.41) is 0. The van der Waals surface area contributed by atoms with E-state index in [-0.39, 0.29) is 18.6 Å². The molecule has 0 saturated carbocycles. The fraction of sp³-hybridized carbons (Fsp3) is 0.500. The van der Waals surface area contributed by atoms with Crippen molar-refractivity contribution in [2.45, 2.75) is 39.8 Å². The molecule has 0 aliphatic carbocycles. The van der Waals surface area contributed by atoms with Crippen LogP contribution in [0.5, 0.6) is 0 Å². The second-order valence-corrected chi connectivity index (χ2v) is 5.49. The van der Waals surface area contributed by atoms with E-state index in [9.17, 15) is 22.4 Å². The van der Waals surface area contributed by atoms with Gasteiger partial charge in [0.2, 0.25) is 0 Å². The number of rotatable bonds is 3. The van der Waals surface area contributed by atoms with Gasteiger partial charge in [-0.05, 0) is 24.1 Å². The van der Waals surface area contributed by atoms with Crippen molar-refractivity contribution in [3.05, 3.63) is 35.1 Å². The van der Waals surface area contributed by atoms with Crippen LogP contribution in [0.25, 0.3) is 0 Å². The van der Waals surface area contributed by atoms with Crippen LogP contribution in [-0.2, 0) is 17.4 Å². The Bertz CT molecular complexity index is 469. The fourth-order valence-corrected chi connectivity index (χ4v) is 1.58. The van der Waals surface area contributed by atoms with Crippen molar-refractivity contribution in [1.82, 2.24) is 0 Å². The number of hydrogen-bond acceptors (Lipinski definition) is 1. The molecule has 0 heterocycles. The molecule has 0 saturated heterocycles. The van der Waals surface area contributed by atoms with Crippen molar-refractivity contribution in [1.29, 1.82) is 0 Å². The normalized spacial score (nSPS) is 12.6. The maximum Gasteiger partial charge on any atom is 0.419 e. The van der Waals surface area contributed by atoms with Crippen molar-refractivity contribution in [3.63, 3.8) is 0 Å². The minimum Gasteiger partial charge on any atom is -0.299 e. The standard InChI is InChI=1S/C14H16F4O/c1-13(2,3)12(19)7-5-9-4-6-10(11(15)8-9)14(16,17)18/h4,6,8H,5,7H2,1-3H3. The first-order valence-electron chi connectivity index (χ1n) is 5.91. The molecule has 1 aromatic carbocycles. The molecule has 0 bridgehead atoms. The Kier molecular flexibility index (Phi) is 4.38. The van der Waals surface area contributed by atoms with Crippen molar-refractivity contribution < 1.29 is 22.4 Å². The molecule has 0 spiro atoms. The molecule has 106 valence electrons. The summed E-state index contributed by atoms with van der Waals surface area (Å²) in [6, 6.07) is 2.77. The molecule has 0 unspecified atom stereocenters. The minimum absolute atomic E-state index is 0.00666. The first kappa shape index (κ1) is 15.7. The van der Waals surface area contributed by atoms with Crippen LogP contribution in [0, 0.1) is 11.2 Å². The Hall–Kier alpha value is -1.39. The lowest BCUT2D eigenvalue weighted by Crippen LogP contribution is -2.20. The Labute approximate surface area is 109 Å². The predicted octanol–water partition coefficient (Wildman–Crippen LogP) is 4.39. The monoisotopic (exact) mass is 276 g/mol. The summed E-state index contributed by atoms with van der Waals surface area (Å²) in [5.74, 6) is -1.30. The summed E-state index contributed by atoms with van der Waals surface area (Å²) in [5.41, 5.74) is -1.38. The van der Waals surface area contributed by atoms with Gasteiger partial charge in [-0.25, -0.2) is 4.39 Å². The zero-order chi connectivity index (χ0) is 14.8. The lowest BCUT2D eigenvalue weighted by atomic mass is 9.87. The van der Waals surface area contributed by atoms with Crippen LogP contribution < -0.4 is 0 Å². The zero-order valence-corrected chi connectivity index (χ0v) is 11.1. The third kappa shape index (κ3) is 4.33. The van der Waals surface area contributed by atoms with E-state index in [4.69, 9.17) is 0 Å². The van der Waals surface area contributed by atoms with Crippen LogP contribution in [0.3, 0.4) is 0 Å². The van der Waals surface area contributed by atoms with Crippen LogP contribution in [0.4, 0.5) is 17.6 Å². The molecule has 19 heavy (non-hydrogen) atoms. The summed E-state index contributed by atoms with van der Waals surface area (Å²) >= 11 is 0. The highest BCUT2D eigenvalue weighted by atomic mass is 19.4. The topological polar surface area (TPSA) is 17.1 Å². The second-order valence-electron chi connectivity index (χ2n) is 5.49. The highest BCUT2D eigenvalue weighted by Gasteiger charge is 2.33. The summed E-state index contributed by atoms with van der Waals surface area (Å²) in [6.07, 6.45) is -4.26. The van der Waals surface area contributed by atoms with Crippen molar-refractivity contribution in [3.8, 4) is 0 Å². The lowest BCUT2D eigenvalue weighted by molar-refractivity contribution is -0.140. The number of halogens is 4. The van der Waals surface area contributed by atoms with Crippen LogP contribution >= 0.6 is 0 Å². The van der Waals surface area contributed by atoms with E-state index >= 15 is 0 Å². The first-order valence-corrected chi connectivity index (χ1v) is 5.91. The first-order chi connectivity index (χ1) is 8.51. The SMILES string of the molecule is CC(C)(C)C(=O)CCc1ccc(C(F)(F)F)c(F)c1. The summed E-state index contributed by atoms with van der Waals surface area (Å²) in [6.45, 7) is 5.30. The molecule has 0 aliphatic heterocycles. The molecule has 0 N–H and O–H groups in total. The largest absolute Gasteiger partial charge is 0.419 e. The molecule has 0 atom stereocenters. The van der Waals surface area contributed by atoms with Gasteiger partial charge in [0.1, 0.15) is 11.6 Å². The lowest BCUT2D eigenvalue weighted by Gasteiger charge is -2.16. The van der Waals surface area contributed by atoms with Gasteiger partial charge in [0.25, 0.3) is 0 Å². The average Bonchev–Trinajstić information content (AvgIpc) is 2.22. The molecular formula is C14H16F4O. The number of benzene rings is 1. The van der Waals surface area contributed by atoms with Gasteiger partial charge < -0.3 is 0 Å². The van der Waals surface area contributed by atoms with Gasteiger partial charge in [0.15, 0.2) is 0 Å². The Morgan fingerprint density at radius 3 is 2.16 bits per heavy atom. The maximum atomic E-state index is 13.3. The highest BCUT2D eigenvalue weighted by Crippen LogP contribution is 2.31. The summed E-state index contributed by atoms with van der Waals surface area (Å²) in [4.78, 5) is 11.7. The quantitative estimate of drug-likeness (QED) is 0.748. The maximum absolute atomic E-state index is 13.3. The van der Waals surface area contributed by atoms with E-state index in [1.165, 1.54) is 6.07 Å². The number of carbonyl (C=O) groups excluding carboxylic acids is 1. The van der Waals surface area contributed by atoms with Crippen LogP contribution in [0.2, 0.25) is 0 Å². The Morgan fingerprint density at radius 2 is 1.74 bits per heavy atom. The van der Waals surface area contributed by atoms with Crippen LogP contribution in [0.15, 0.2) is 18.2 Å². The smallest absolute Gasteiger partial charge is 0.299 e. The molecule has 1 rings (SSSR count). The van der Waals surface area contributed by atoms with Crippen molar-refractivity contribution in [2.75, 3.05) is 0 Å². The van der Waals surface area contributed by atoms with Gasteiger partial charge in [0, 0.05) is 11.8 Å². The van der Waals surface area contributed by atoms with E-state index in [0.29, 0.717) is 11.6 Å². The van der Waals surface area contributed by atoms with Crippen LogP contribution in [-0.4, -0.2) is 5.78 Å². The number of hydrogen-bond donors (Lipinski definition) is 0. The van der Waals surface area contributed by atoms with E-state index in [1.54, 1.807) is 20.8 Å². The van der Waals surface area contributed by atoms with Gasteiger partial charge in [-0.2, -0.15) is 13.2 Å². The molecule has 0 amide bonds. The number of aryl methyl sites for hydroxylation is 1. The molecular weight excluding hydrogens is 260 g/mol. The van der Waals surface area contributed by atoms with Gasteiger partial charge in [-0.3, -0.25) is 4.79 Å².